The highest BCUT2D eigenvalue weighted by atomic mass is 16.6. The van der Waals surface area contributed by atoms with Gasteiger partial charge in [-0.1, -0.05) is 36.8 Å². The molecule has 0 unspecified atom stereocenters. The summed E-state index contributed by atoms with van der Waals surface area (Å²) < 4.78 is 10.4. The molecule has 3 N–H and O–H groups in total. The first-order valence-corrected chi connectivity index (χ1v) is 8.43. The molecule has 1 atom stereocenters. The Labute approximate surface area is 146 Å². The molecular formula is C18H24N2O5. The van der Waals surface area contributed by atoms with Gasteiger partial charge in [-0.3, -0.25) is 4.79 Å². The molecule has 0 spiro atoms. The Balaban J connectivity index is 1.84. The zero-order valence-electron chi connectivity index (χ0n) is 14.3. The molecule has 0 heterocycles. The van der Waals surface area contributed by atoms with E-state index < -0.39 is 29.6 Å². The number of amides is 2. The largest absolute Gasteiger partial charge is 0.447 e. The Hall–Kier alpha value is -2.57. The number of carbonyl (C=O) groups is 3. The fourth-order valence-electron chi connectivity index (χ4n) is 2.80. The van der Waals surface area contributed by atoms with Crippen LogP contribution in [-0.4, -0.2) is 29.6 Å². The van der Waals surface area contributed by atoms with E-state index in [9.17, 15) is 14.4 Å². The van der Waals surface area contributed by atoms with Crippen molar-refractivity contribution < 1.29 is 23.9 Å². The van der Waals surface area contributed by atoms with Crippen LogP contribution < -0.4 is 11.1 Å². The maximum absolute atomic E-state index is 12.2. The highest BCUT2D eigenvalue weighted by molar-refractivity contribution is 5.88. The number of primary amides is 1. The molecule has 1 fully saturated rings. The minimum atomic E-state index is -1.26. The van der Waals surface area contributed by atoms with E-state index in [0.717, 1.165) is 24.8 Å². The Bertz CT molecular complexity index is 611. The smallest absolute Gasteiger partial charge is 0.408 e. The van der Waals surface area contributed by atoms with Crippen LogP contribution in [0.1, 0.15) is 44.6 Å². The van der Waals surface area contributed by atoms with Crippen molar-refractivity contribution >= 4 is 18.0 Å². The Morgan fingerprint density at radius 3 is 2.40 bits per heavy atom. The second kappa shape index (κ2) is 8.50. The first kappa shape index (κ1) is 18.8. The minimum absolute atomic E-state index is 0.0969. The number of alkyl carbamates (subject to hydrolysis) is 1. The second-order valence-electron chi connectivity index (χ2n) is 6.27. The summed E-state index contributed by atoms with van der Waals surface area (Å²) in [6.45, 7) is 1.57. The van der Waals surface area contributed by atoms with Gasteiger partial charge in [0.15, 0.2) is 5.60 Å². The van der Waals surface area contributed by atoms with Crippen molar-refractivity contribution in [1.29, 1.82) is 0 Å². The van der Waals surface area contributed by atoms with Crippen molar-refractivity contribution in [2.75, 3.05) is 0 Å². The van der Waals surface area contributed by atoms with Gasteiger partial charge in [0.2, 0.25) is 0 Å². The summed E-state index contributed by atoms with van der Waals surface area (Å²) in [5.74, 6) is -1.34. The maximum atomic E-state index is 12.2. The third-order valence-corrected chi connectivity index (χ3v) is 4.31. The van der Waals surface area contributed by atoms with E-state index in [4.69, 9.17) is 15.2 Å². The van der Waals surface area contributed by atoms with Crippen molar-refractivity contribution in [1.82, 2.24) is 5.32 Å². The molecule has 0 saturated heterocycles. The van der Waals surface area contributed by atoms with Crippen molar-refractivity contribution in [3.05, 3.63) is 35.9 Å². The van der Waals surface area contributed by atoms with E-state index in [2.05, 4.69) is 5.32 Å². The fourth-order valence-corrected chi connectivity index (χ4v) is 2.80. The van der Waals surface area contributed by atoms with E-state index in [1.165, 1.54) is 6.92 Å². The van der Waals surface area contributed by atoms with Gasteiger partial charge in [-0.15, -0.1) is 0 Å². The van der Waals surface area contributed by atoms with Gasteiger partial charge in [-0.2, -0.15) is 0 Å². The third kappa shape index (κ3) is 5.20. The molecule has 2 rings (SSSR count). The molecule has 0 radical (unpaired) electrons. The maximum Gasteiger partial charge on any atom is 0.408 e. The minimum Gasteiger partial charge on any atom is -0.447 e. The predicted octanol–water partition coefficient (Wildman–Crippen LogP) is 2.03. The lowest BCUT2D eigenvalue weighted by atomic mass is 9.84. The normalized spacial score (nSPS) is 17.2. The van der Waals surface area contributed by atoms with Crippen LogP contribution in [0.4, 0.5) is 4.79 Å². The lowest BCUT2D eigenvalue weighted by molar-refractivity contribution is -0.172. The van der Waals surface area contributed by atoms with Crippen LogP contribution in [0.2, 0.25) is 0 Å². The highest BCUT2D eigenvalue weighted by Crippen LogP contribution is 2.31. The number of rotatable bonds is 6. The zero-order chi connectivity index (χ0) is 18.3. The van der Waals surface area contributed by atoms with E-state index in [1.807, 2.05) is 30.3 Å². The molecule has 0 aliphatic heterocycles. The van der Waals surface area contributed by atoms with Gasteiger partial charge in [0, 0.05) is 0 Å². The first-order valence-electron chi connectivity index (χ1n) is 8.43. The van der Waals surface area contributed by atoms with Gasteiger partial charge in [-0.25, -0.2) is 9.59 Å². The molecule has 0 bridgehead atoms. The molecule has 25 heavy (non-hydrogen) atoms. The Morgan fingerprint density at radius 1 is 1.16 bits per heavy atom. The molecular weight excluding hydrogens is 324 g/mol. The number of ether oxygens (including phenoxy) is 2. The summed E-state index contributed by atoms with van der Waals surface area (Å²) in [5, 5.41) is 2.41. The van der Waals surface area contributed by atoms with Crippen molar-refractivity contribution in [2.45, 2.75) is 57.3 Å². The van der Waals surface area contributed by atoms with Crippen LogP contribution in [0.5, 0.6) is 0 Å². The van der Waals surface area contributed by atoms with E-state index in [1.54, 1.807) is 0 Å². The highest BCUT2D eigenvalue weighted by Gasteiger charge is 2.42. The van der Waals surface area contributed by atoms with Gasteiger partial charge in [0.1, 0.15) is 12.6 Å². The van der Waals surface area contributed by atoms with Gasteiger partial charge in [0.05, 0.1) is 0 Å². The number of carbonyl (C=O) groups excluding carboxylic acids is 3. The van der Waals surface area contributed by atoms with Gasteiger partial charge in [0.25, 0.3) is 5.91 Å². The van der Waals surface area contributed by atoms with Crippen LogP contribution in [-0.2, 0) is 25.7 Å². The zero-order valence-corrected chi connectivity index (χ0v) is 14.3. The summed E-state index contributed by atoms with van der Waals surface area (Å²) in [4.78, 5) is 35.8. The number of hydrogen-bond donors (Lipinski definition) is 2. The number of nitrogens with one attached hydrogen (secondary N) is 1. The van der Waals surface area contributed by atoms with Crippen LogP contribution in [0.15, 0.2) is 30.3 Å². The summed E-state index contributed by atoms with van der Waals surface area (Å²) in [6.07, 6.45) is 2.63. The third-order valence-electron chi connectivity index (χ3n) is 4.31. The summed E-state index contributed by atoms with van der Waals surface area (Å²) in [7, 11) is 0. The molecule has 7 nitrogen and oxygen atoms in total. The molecule has 1 saturated carbocycles. The first-order chi connectivity index (χ1) is 11.9. The number of hydrogen-bond acceptors (Lipinski definition) is 5. The fraction of sp³-hybridized carbons (Fsp3) is 0.500. The van der Waals surface area contributed by atoms with E-state index >= 15 is 0 Å². The Kier molecular flexibility index (Phi) is 6.38. The molecule has 136 valence electrons. The SMILES string of the molecule is C[C@H](NC(=O)OCc1ccccc1)C(=O)OC1(C(N)=O)CCCCC1. The number of nitrogens with two attached hydrogens (primary N) is 1. The molecule has 1 aliphatic rings. The van der Waals surface area contributed by atoms with E-state index in [-0.39, 0.29) is 6.61 Å². The number of benzene rings is 1. The Morgan fingerprint density at radius 2 is 1.80 bits per heavy atom. The van der Waals surface area contributed by atoms with Gasteiger partial charge < -0.3 is 20.5 Å². The predicted molar refractivity (Wildman–Crippen MR) is 90.3 cm³/mol. The lowest BCUT2D eigenvalue weighted by Gasteiger charge is -2.34. The standard InChI is InChI=1S/C18H24N2O5/c1-13(20-17(23)24-12-14-8-4-2-5-9-14)15(21)25-18(16(19)22)10-6-3-7-11-18/h2,4-5,8-9,13H,3,6-7,10-12H2,1H3,(H2,19,22)(H,20,23)/t13-/m0/s1. The van der Waals surface area contributed by atoms with Crippen LogP contribution in [0, 0.1) is 0 Å². The average Bonchev–Trinajstić information content (AvgIpc) is 2.61. The van der Waals surface area contributed by atoms with E-state index in [0.29, 0.717) is 12.8 Å². The summed E-state index contributed by atoms with van der Waals surface area (Å²) >= 11 is 0. The van der Waals surface area contributed by atoms with Gasteiger partial charge in [-0.05, 0) is 38.2 Å². The monoisotopic (exact) mass is 348 g/mol. The molecule has 7 heteroatoms. The molecule has 1 aliphatic carbocycles. The summed E-state index contributed by atoms with van der Waals surface area (Å²) in [6, 6.07) is 8.24. The lowest BCUT2D eigenvalue weighted by Crippen LogP contribution is -2.52. The van der Waals surface area contributed by atoms with Crippen molar-refractivity contribution in [3.63, 3.8) is 0 Å². The molecule has 0 aromatic heterocycles. The second-order valence-corrected chi connectivity index (χ2v) is 6.27. The molecule has 1 aromatic carbocycles. The molecule has 1 aromatic rings. The topological polar surface area (TPSA) is 108 Å². The van der Waals surface area contributed by atoms with Gasteiger partial charge >= 0.3 is 12.1 Å². The van der Waals surface area contributed by atoms with Crippen LogP contribution in [0.25, 0.3) is 0 Å². The number of esters is 1. The summed E-state index contributed by atoms with van der Waals surface area (Å²) in [5.41, 5.74) is 5.01. The quantitative estimate of drug-likeness (QED) is 0.765. The van der Waals surface area contributed by atoms with Crippen molar-refractivity contribution in [2.24, 2.45) is 5.73 Å². The molecule has 2 amide bonds. The van der Waals surface area contributed by atoms with Crippen LogP contribution >= 0.6 is 0 Å². The van der Waals surface area contributed by atoms with Crippen molar-refractivity contribution in [3.8, 4) is 0 Å². The van der Waals surface area contributed by atoms with Crippen LogP contribution in [0.3, 0.4) is 0 Å². The average molecular weight is 348 g/mol.